The van der Waals surface area contributed by atoms with Crippen molar-refractivity contribution in [2.24, 2.45) is 0 Å². The Morgan fingerprint density at radius 1 is 0.773 bits per heavy atom. The van der Waals surface area contributed by atoms with E-state index in [4.69, 9.17) is 20.4 Å². The summed E-state index contributed by atoms with van der Waals surface area (Å²) in [5, 5.41) is 10.8. The first kappa shape index (κ1) is 19.2. The summed E-state index contributed by atoms with van der Waals surface area (Å²) in [6.45, 7) is 8.81. The van der Waals surface area contributed by atoms with E-state index >= 15 is 0 Å². The molecule has 0 saturated carbocycles. The first-order chi connectivity index (χ1) is 10.4. The van der Waals surface area contributed by atoms with E-state index in [2.05, 4.69) is 64.1 Å². The highest BCUT2D eigenvalue weighted by Crippen LogP contribution is 2.30. The van der Waals surface area contributed by atoms with Gasteiger partial charge in [0.05, 0.1) is 0 Å². The van der Waals surface area contributed by atoms with Gasteiger partial charge in [0, 0.05) is 0 Å². The van der Waals surface area contributed by atoms with Crippen molar-refractivity contribution in [3.63, 3.8) is 0 Å². The van der Waals surface area contributed by atoms with Gasteiger partial charge in [-0.25, -0.2) is 20.4 Å². The van der Waals surface area contributed by atoms with Crippen LogP contribution in [-0.2, 0) is 9.59 Å². The molecule has 0 fully saturated rings. The lowest BCUT2D eigenvalue weighted by atomic mass is 9.90. The third-order valence-electron chi connectivity index (χ3n) is 3.42. The Labute approximate surface area is 130 Å². The van der Waals surface area contributed by atoms with Crippen molar-refractivity contribution >= 4 is 12.2 Å². The highest BCUT2D eigenvalue weighted by molar-refractivity contribution is 5.72. The first-order valence-corrected chi connectivity index (χ1v) is 6.65. The van der Waals surface area contributed by atoms with Crippen molar-refractivity contribution < 1.29 is 9.59 Å². The van der Waals surface area contributed by atoms with Gasteiger partial charge in [-0.1, -0.05) is 36.4 Å². The van der Waals surface area contributed by atoms with Crippen LogP contribution in [0.5, 0.6) is 0 Å². The molecule has 0 radical (unpaired) electrons. The lowest BCUT2D eigenvalue weighted by Crippen LogP contribution is -1.94. The number of aryl methyl sites for hydroxylation is 2. The molecule has 0 aliphatic heterocycles. The summed E-state index contributed by atoms with van der Waals surface area (Å²) in [6.07, 6.45) is 1.50. The summed E-state index contributed by atoms with van der Waals surface area (Å²) < 4.78 is 0. The third-order valence-corrected chi connectivity index (χ3v) is 3.42. The molecule has 2 rings (SSSR count). The molecule has 0 heterocycles. The number of carbonyl (C=O) groups excluding carboxylic acids is 2. The summed E-state index contributed by atoms with van der Waals surface area (Å²) >= 11 is 0. The molecule has 4 heteroatoms. The van der Waals surface area contributed by atoms with Gasteiger partial charge in [-0.3, -0.25) is 0 Å². The number of benzene rings is 2. The number of rotatable bonds is 1. The minimum atomic E-state index is 0.750. The minimum Gasteiger partial charge on any atom is -0.222 e. The van der Waals surface area contributed by atoms with Crippen molar-refractivity contribution in [1.82, 2.24) is 0 Å². The van der Waals surface area contributed by atoms with Gasteiger partial charge in [0.15, 0.2) is 0 Å². The standard InChI is InChI=1S/C16H18.2CHNO/c1-11-10-12(2)16(14(4)13(11)3)15-8-6-5-7-9-15;2*2-1-3/h5-10H,1-4H3;2*2H. The molecule has 0 aliphatic carbocycles. The van der Waals surface area contributed by atoms with Gasteiger partial charge in [0.25, 0.3) is 0 Å². The molecule has 0 unspecified atom stereocenters. The van der Waals surface area contributed by atoms with Crippen LogP contribution in [0.15, 0.2) is 36.4 Å². The van der Waals surface area contributed by atoms with Crippen LogP contribution in [0.1, 0.15) is 22.3 Å². The normalized spacial score (nSPS) is 8.36. The summed E-state index contributed by atoms with van der Waals surface area (Å²) in [4.78, 5) is 16.7. The summed E-state index contributed by atoms with van der Waals surface area (Å²) in [7, 11) is 0. The highest BCUT2D eigenvalue weighted by Gasteiger charge is 2.09. The predicted molar refractivity (Wildman–Crippen MR) is 87.7 cm³/mol. The van der Waals surface area contributed by atoms with E-state index in [0.29, 0.717) is 0 Å². The van der Waals surface area contributed by atoms with Crippen molar-refractivity contribution in [3.05, 3.63) is 58.7 Å². The SMILES string of the molecule is Cc1cc(C)c(-c2ccccc2)c(C)c1C.N=C=O.N=C=O. The van der Waals surface area contributed by atoms with Crippen LogP contribution in [0.2, 0.25) is 0 Å². The van der Waals surface area contributed by atoms with Crippen molar-refractivity contribution in [1.29, 1.82) is 10.8 Å². The fraction of sp³-hybridized carbons (Fsp3) is 0.222. The zero-order valence-corrected chi connectivity index (χ0v) is 13.3. The molecule has 0 spiro atoms. The fourth-order valence-corrected chi connectivity index (χ4v) is 2.33. The minimum absolute atomic E-state index is 0.750. The Morgan fingerprint density at radius 3 is 1.68 bits per heavy atom. The Bertz CT molecular complexity index is 668. The van der Waals surface area contributed by atoms with E-state index in [-0.39, 0.29) is 0 Å². The molecule has 0 bridgehead atoms. The average Bonchev–Trinajstić information content (AvgIpc) is 2.48. The van der Waals surface area contributed by atoms with Crippen molar-refractivity contribution in [2.45, 2.75) is 27.7 Å². The molecule has 0 atom stereocenters. The molecule has 0 amide bonds. The lowest BCUT2D eigenvalue weighted by molar-refractivity contribution is 0.562. The molecule has 114 valence electrons. The zero-order valence-electron chi connectivity index (χ0n) is 13.3. The molecule has 22 heavy (non-hydrogen) atoms. The van der Waals surface area contributed by atoms with E-state index in [1.165, 1.54) is 33.4 Å². The second-order valence-electron chi connectivity index (χ2n) is 4.71. The smallest absolute Gasteiger partial charge is 0.222 e. The van der Waals surface area contributed by atoms with E-state index < -0.39 is 0 Å². The highest BCUT2D eigenvalue weighted by atomic mass is 16.1. The van der Waals surface area contributed by atoms with Crippen LogP contribution in [0.3, 0.4) is 0 Å². The summed E-state index contributed by atoms with van der Waals surface area (Å²) in [5.74, 6) is 0. The van der Waals surface area contributed by atoms with Crippen LogP contribution in [0, 0.1) is 38.5 Å². The Hall–Kier alpha value is -2.80. The van der Waals surface area contributed by atoms with Gasteiger partial charge < -0.3 is 0 Å². The van der Waals surface area contributed by atoms with Crippen LogP contribution in [-0.4, -0.2) is 12.2 Å². The average molecular weight is 296 g/mol. The van der Waals surface area contributed by atoms with Crippen LogP contribution in [0.4, 0.5) is 0 Å². The van der Waals surface area contributed by atoms with Crippen LogP contribution in [0.25, 0.3) is 11.1 Å². The number of nitrogens with one attached hydrogen (secondary N) is 2. The molecule has 2 aromatic rings. The largest absolute Gasteiger partial charge is 0.231 e. The number of hydrogen-bond donors (Lipinski definition) is 2. The maximum absolute atomic E-state index is 8.35. The van der Waals surface area contributed by atoms with Crippen molar-refractivity contribution in [2.75, 3.05) is 0 Å². The van der Waals surface area contributed by atoms with Crippen molar-refractivity contribution in [3.8, 4) is 11.1 Å². The van der Waals surface area contributed by atoms with Crippen LogP contribution >= 0.6 is 0 Å². The lowest BCUT2D eigenvalue weighted by Gasteiger charge is -2.15. The monoisotopic (exact) mass is 296 g/mol. The zero-order chi connectivity index (χ0) is 17.1. The maximum Gasteiger partial charge on any atom is 0.231 e. The van der Waals surface area contributed by atoms with E-state index in [1.807, 2.05) is 0 Å². The Balaban J connectivity index is 0.000000639. The molecular weight excluding hydrogens is 276 g/mol. The maximum atomic E-state index is 8.35. The molecule has 0 aromatic heterocycles. The molecule has 4 nitrogen and oxygen atoms in total. The van der Waals surface area contributed by atoms with Crippen LogP contribution < -0.4 is 0 Å². The predicted octanol–water partition coefficient (Wildman–Crippen LogP) is 4.39. The first-order valence-electron chi connectivity index (χ1n) is 6.65. The second kappa shape index (κ2) is 10.0. The van der Waals surface area contributed by atoms with E-state index in [9.17, 15) is 0 Å². The van der Waals surface area contributed by atoms with Gasteiger partial charge in [0.1, 0.15) is 0 Å². The topological polar surface area (TPSA) is 81.8 Å². The third kappa shape index (κ3) is 5.29. The quantitative estimate of drug-likeness (QED) is 0.604. The molecule has 0 saturated heterocycles. The van der Waals surface area contributed by atoms with Gasteiger partial charge >= 0.3 is 0 Å². The van der Waals surface area contributed by atoms with Gasteiger partial charge in [-0.05, 0) is 61.1 Å². The molecule has 2 N–H and O–H groups in total. The van der Waals surface area contributed by atoms with E-state index in [0.717, 1.165) is 12.2 Å². The van der Waals surface area contributed by atoms with Gasteiger partial charge in [-0.2, -0.15) is 0 Å². The second-order valence-corrected chi connectivity index (χ2v) is 4.71. The summed E-state index contributed by atoms with van der Waals surface area (Å²) in [5.41, 5.74) is 8.28. The Morgan fingerprint density at radius 2 is 1.23 bits per heavy atom. The van der Waals surface area contributed by atoms with Gasteiger partial charge in [0.2, 0.25) is 12.2 Å². The molecule has 0 aliphatic rings. The summed E-state index contributed by atoms with van der Waals surface area (Å²) in [6, 6.07) is 12.9. The molecule has 2 aromatic carbocycles. The number of isocyanates is 2. The fourth-order valence-electron chi connectivity index (χ4n) is 2.33. The Kier molecular flexibility index (Phi) is 8.73. The van der Waals surface area contributed by atoms with E-state index in [1.54, 1.807) is 0 Å². The molecular formula is C18H20N2O2. The van der Waals surface area contributed by atoms with Gasteiger partial charge in [-0.15, -0.1) is 0 Å². The number of hydrogen-bond acceptors (Lipinski definition) is 4.